The Hall–Kier alpha value is -0.372. The van der Waals surface area contributed by atoms with E-state index in [0.29, 0.717) is 0 Å². The molecule has 2 amide bonds. The number of rotatable bonds is 3. The zero-order chi connectivity index (χ0) is 6.57. The first-order chi connectivity index (χ1) is 3.63. The smallest absolute Gasteiger partial charge is 0.217 e. The van der Waals surface area contributed by atoms with Crippen LogP contribution in [0.1, 0.15) is 12.8 Å². The summed E-state index contributed by atoms with van der Waals surface area (Å²) < 4.78 is 0. The van der Waals surface area contributed by atoms with Crippen LogP contribution in [0.15, 0.2) is 0 Å². The van der Waals surface area contributed by atoms with Gasteiger partial charge in [0.15, 0.2) is 0 Å². The number of primary amides is 2. The summed E-state index contributed by atoms with van der Waals surface area (Å²) in [6, 6.07) is 0. The maximum Gasteiger partial charge on any atom is 0.217 e. The molecule has 0 fully saturated rings. The summed E-state index contributed by atoms with van der Waals surface area (Å²) in [4.78, 5) is 19.8. The van der Waals surface area contributed by atoms with Crippen LogP contribution in [-0.4, -0.2) is 11.8 Å². The van der Waals surface area contributed by atoms with E-state index in [1.165, 1.54) is 0 Å². The Labute approximate surface area is 67.2 Å². The maximum atomic E-state index is 9.92. The first-order valence-electron chi connectivity index (χ1n) is 2.19. The zero-order valence-corrected chi connectivity index (χ0v) is 6.80. The molecule has 0 saturated heterocycles. The van der Waals surface area contributed by atoms with E-state index in [-0.39, 0.29) is 33.9 Å². The normalized spacial score (nSPS) is 7.56. The van der Waals surface area contributed by atoms with Gasteiger partial charge in [0.1, 0.15) is 0 Å². The van der Waals surface area contributed by atoms with Gasteiger partial charge < -0.3 is 11.5 Å². The van der Waals surface area contributed by atoms with E-state index in [4.69, 9.17) is 11.5 Å². The van der Waals surface area contributed by atoms with Crippen molar-refractivity contribution in [1.29, 1.82) is 0 Å². The number of nitrogens with two attached hydrogens (primary N) is 2. The van der Waals surface area contributed by atoms with E-state index in [1.807, 2.05) is 0 Å². The van der Waals surface area contributed by atoms with Crippen LogP contribution in [0.3, 0.4) is 0 Å². The number of amides is 2. The van der Waals surface area contributed by atoms with Gasteiger partial charge in [0.25, 0.3) is 0 Å². The van der Waals surface area contributed by atoms with Crippen LogP contribution in [0.2, 0.25) is 0 Å². The molecule has 0 atom stereocenters. The fourth-order valence-corrected chi connectivity index (χ4v) is 0.246. The van der Waals surface area contributed by atoms with Gasteiger partial charge in [-0.3, -0.25) is 9.59 Å². The first-order valence-corrected chi connectivity index (χ1v) is 2.19. The first kappa shape index (κ1) is 11.4. The fourth-order valence-electron chi connectivity index (χ4n) is 0.246. The van der Waals surface area contributed by atoms with Crippen LogP contribution in [0.25, 0.3) is 0 Å². The largest absolute Gasteiger partial charge is 0.370 e. The van der Waals surface area contributed by atoms with Crippen molar-refractivity contribution in [2.24, 2.45) is 11.5 Å². The Morgan fingerprint density at radius 1 is 1.00 bits per heavy atom. The minimum absolute atomic E-state index is 0. The predicted molar refractivity (Wildman–Crippen MR) is 27.6 cm³/mol. The molecule has 0 aromatic rings. The Kier molecular flexibility index (Phi) is 7.31. The fraction of sp³-hybridized carbons (Fsp3) is 0.500. The number of hydrogen-bond acceptors (Lipinski definition) is 2. The Balaban J connectivity index is 0. The van der Waals surface area contributed by atoms with E-state index in [1.54, 1.807) is 0 Å². The van der Waals surface area contributed by atoms with Gasteiger partial charge in [-0.15, -0.1) is 0 Å². The van der Waals surface area contributed by atoms with Crippen molar-refractivity contribution >= 4 is 11.8 Å². The molecule has 0 heterocycles. The van der Waals surface area contributed by atoms with Crippen LogP contribution >= 0.6 is 0 Å². The Bertz CT molecular complexity index is 101. The molecule has 0 saturated carbocycles. The molecular weight excluding hydrogens is 204 g/mol. The number of carbonyl (C=O) groups excluding carboxylic acids is 2. The summed E-state index contributed by atoms with van der Waals surface area (Å²) in [6.45, 7) is 0. The maximum absolute atomic E-state index is 9.92. The van der Waals surface area contributed by atoms with Crippen LogP contribution < -0.4 is 11.5 Å². The van der Waals surface area contributed by atoms with Crippen molar-refractivity contribution < 1.29 is 30.7 Å². The van der Waals surface area contributed by atoms with E-state index < -0.39 is 11.8 Å². The van der Waals surface area contributed by atoms with Crippen molar-refractivity contribution in [3.63, 3.8) is 0 Å². The second-order valence-corrected chi connectivity index (χ2v) is 1.43. The van der Waals surface area contributed by atoms with Crippen LogP contribution in [0, 0.1) is 0 Å². The monoisotopic (exact) mass is 214 g/mol. The SMILES string of the molecule is NC(=O)CCC(N)=O.[Mo]. The summed E-state index contributed by atoms with van der Waals surface area (Å²) in [5, 5.41) is 0. The summed E-state index contributed by atoms with van der Waals surface area (Å²) in [5.41, 5.74) is 9.39. The van der Waals surface area contributed by atoms with Gasteiger partial charge >= 0.3 is 0 Å². The zero-order valence-electron chi connectivity index (χ0n) is 4.79. The van der Waals surface area contributed by atoms with Gasteiger partial charge in [-0.05, 0) is 0 Å². The average Bonchev–Trinajstić information content (AvgIpc) is 1.61. The molecule has 9 heavy (non-hydrogen) atoms. The third kappa shape index (κ3) is 11.3. The third-order valence-corrected chi connectivity index (χ3v) is 0.618. The van der Waals surface area contributed by atoms with Gasteiger partial charge in [-0.1, -0.05) is 0 Å². The van der Waals surface area contributed by atoms with Crippen molar-refractivity contribution in [3.05, 3.63) is 0 Å². The molecule has 0 bridgehead atoms. The van der Waals surface area contributed by atoms with Gasteiger partial charge in [0.05, 0.1) is 0 Å². The van der Waals surface area contributed by atoms with Gasteiger partial charge in [0.2, 0.25) is 11.8 Å². The molecule has 0 aliphatic heterocycles. The summed E-state index contributed by atoms with van der Waals surface area (Å²) in [7, 11) is 0. The molecule has 0 aliphatic carbocycles. The number of hydrogen-bond donors (Lipinski definition) is 2. The van der Waals surface area contributed by atoms with Gasteiger partial charge in [-0.25, -0.2) is 0 Å². The van der Waals surface area contributed by atoms with Crippen LogP contribution in [0.5, 0.6) is 0 Å². The minimum atomic E-state index is -0.496. The van der Waals surface area contributed by atoms with E-state index in [0.717, 1.165) is 0 Å². The van der Waals surface area contributed by atoms with Crippen LogP contribution in [0.4, 0.5) is 0 Å². The van der Waals surface area contributed by atoms with Crippen molar-refractivity contribution in [2.45, 2.75) is 12.8 Å². The molecule has 0 aliphatic rings. The standard InChI is InChI=1S/C4H8N2O2.Mo/c5-3(7)1-2-4(6)8;/h1-2H2,(H2,5,7)(H2,6,8);. The van der Waals surface area contributed by atoms with Crippen molar-refractivity contribution in [3.8, 4) is 0 Å². The summed E-state index contributed by atoms with van der Waals surface area (Å²) in [6.07, 6.45) is 0.102. The van der Waals surface area contributed by atoms with Gasteiger partial charge in [-0.2, -0.15) is 0 Å². The molecule has 0 aromatic carbocycles. The molecule has 4 nitrogen and oxygen atoms in total. The summed E-state index contributed by atoms with van der Waals surface area (Å²) in [5.74, 6) is -0.993. The van der Waals surface area contributed by atoms with Crippen LogP contribution in [-0.2, 0) is 30.7 Å². The number of carbonyl (C=O) groups is 2. The van der Waals surface area contributed by atoms with E-state index >= 15 is 0 Å². The molecule has 0 radical (unpaired) electrons. The molecule has 0 spiro atoms. The second-order valence-electron chi connectivity index (χ2n) is 1.43. The predicted octanol–water partition coefficient (Wildman–Crippen LogP) is -1.27. The molecule has 0 rings (SSSR count). The minimum Gasteiger partial charge on any atom is -0.370 e. The van der Waals surface area contributed by atoms with E-state index in [2.05, 4.69) is 0 Å². The van der Waals surface area contributed by atoms with E-state index in [9.17, 15) is 9.59 Å². The third-order valence-electron chi connectivity index (χ3n) is 0.618. The van der Waals surface area contributed by atoms with Crippen molar-refractivity contribution in [1.82, 2.24) is 0 Å². The molecular formula is C4H8MoN2O2. The Morgan fingerprint density at radius 2 is 1.22 bits per heavy atom. The molecule has 52 valence electrons. The topological polar surface area (TPSA) is 86.2 Å². The molecule has 4 N–H and O–H groups in total. The molecule has 0 unspecified atom stereocenters. The molecule has 0 aromatic heterocycles. The quantitative estimate of drug-likeness (QED) is 0.571. The summed E-state index contributed by atoms with van der Waals surface area (Å²) >= 11 is 0. The molecule has 5 heteroatoms. The Morgan fingerprint density at radius 3 is 1.33 bits per heavy atom. The van der Waals surface area contributed by atoms with Crippen molar-refractivity contribution in [2.75, 3.05) is 0 Å². The average molecular weight is 212 g/mol. The van der Waals surface area contributed by atoms with Gasteiger partial charge in [0, 0.05) is 33.9 Å². The second kappa shape index (κ2) is 5.76.